The van der Waals surface area contributed by atoms with E-state index in [1.807, 2.05) is 0 Å². The Bertz CT molecular complexity index is 622. The van der Waals surface area contributed by atoms with E-state index in [1.54, 1.807) is 18.2 Å². The topological polar surface area (TPSA) is 80.4 Å². The van der Waals surface area contributed by atoms with Crippen molar-refractivity contribution in [2.75, 3.05) is 0 Å². The molecule has 0 spiro atoms. The summed E-state index contributed by atoms with van der Waals surface area (Å²) in [4.78, 5) is 20.9. The molecule has 0 fully saturated rings. The Morgan fingerprint density at radius 1 is 1.17 bits per heavy atom. The molecule has 2 aromatic carbocycles. The zero-order chi connectivity index (χ0) is 13.1. The molecular weight excluding hydrogens is 234 g/mol. The fourth-order valence-electron chi connectivity index (χ4n) is 1.68. The largest absolute Gasteiger partial charge is 0.507 e. The number of hydrogen-bond acceptors (Lipinski definition) is 4. The number of hydrogen-bond donors (Lipinski definition) is 1. The summed E-state index contributed by atoms with van der Waals surface area (Å²) in [5, 5.41) is 20.6. The van der Waals surface area contributed by atoms with Crippen LogP contribution in [-0.4, -0.2) is 16.3 Å². The Hall–Kier alpha value is -2.69. The van der Waals surface area contributed by atoms with Gasteiger partial charge in [-0.05, 0) is 11.6 Å². The van der Waals surface area contributed by atoms with Crippen molar-refractivity contribution in [2.24, 2.45) is 0 Å². The molecule has 0 aliphatic rings. The van der Waals surface area contributed by atoms with Gasteiger partial charge in [-0.2, -0.15) is 0 Å². The lowest BCUT2D eigenvalue weighted by Crippen LogP contribution is -1.89. The van der Waals surface area contributed by atoms with Crippen LogP contribution >= 0.6 is 0 Å². The Labute approximate surface area is 102 Å². The van der Waals surface area contributed by atoms with E-state index in [4.69, 9.17) is 0 Å². The average Bonchev–Trinajstić information content (AvgIpc) is 2.39. The van der Waals surface area contributed by atoms with Gasteiger partial charge < -0.3 is 5.11 Å². The highest BCUT2D eigenvalue weighted by molar-refractivity contribution is 5.86. The molecule has 18 heavy (non-hydrogen) atoms. The number of aromatic hydroxyl groups is 1. The standard InChI is InChI=1S/C13H9NO4/c15-8-10-4-2-6-12(13(10)16)9-3-1-5-11(7-9)14(17)18/h1-8,16H. The number of non-ortho nitro benzene ring substituents is 1. The normalized spacial score (nSPS) is 10.0. The molecule has 0 aliphatic carbocycles. The first-order valence-corrected chi connectivity index (χ1v) is 5.15. The van der Waals surface area contributed by atoms with E-state index < -0.39 is 4.92 Å². The maximum Gasteiger partial charge on any atom is 0.270 e. The number of para-hydroxylation sites is 1. The van der Waals surface area contributed by atoms with Gasteiger partial charge in [0.25, 0.3) is 5.69 Å². The summed E-state index contributed by atoms with van der Waals surface area (Å²) in [6.45, 7) is 0. The second-order valence-corrected chi connectivity index (χ2v) is 3.67. The van der Waals surface area contributed by atoms with Crippen LogP contribution in [0.1, 0.15) is 10.4 Å². The minimum absolute atomic E-state index is 0.0663. The van der Waals surface area contributed by atoms with Crippen LogP contribution in [0.5, 0.6) is 5.75 Å². The first kappa shape index (κ1) is 11.8. The number of nitro benzene ring substituents is 1. The monoisotopic (exact) mass is 243 g/mol. The third-order valence-corrected chi connectivity index (χ3v) is 2.56. The molecular formula is C13H9NO4. The van der Waals surface area contributed by atoms with Crippen molar-refractivity contribution in [3.63, 3.8) is 0 Å². The van der Waals surface area contributed by atoms with E-state index in [1.165, 1.54) is 24.3 Å². The quantitative estimate of drug-likeness (QED) is 0.510. The van der Waals surface area contributed by atoms with Gasteiger partial charge in [-0.1, -0.05) is 24.3 Å². The predicted molar refractivity (Wildman–Crippen MR) is 65.6 cm³/mol. The van der Waals surface area contributed by atoms with Gasteiger partial charge in [0.15, 0.2) is 6.29 Å². The van der Waals surface area contributed by atoms with E-state index in [9.17, 15) is 20.0 Å². The molecule has 0 atom stereocenters. The van der Waals surface area contributed by atoms with Crippen LogP contribution in [0.25, 0.3) is 11.1 Å². The number of rotatable bonds is 3. The molecule has 5 heteroatoms. The third kappa shape index (κ3) is 2.06. The van der Waals surface area contributed by atoms with Crippen LogP contribution in [0.15, 0.2) is 42.5 Å². The summed E-state index contributed by atoms with van der Waals surface area (Å²) in [5.41, 5.74) is 0.969. The molecule has 0 amide bonds. The summed E-state index contributed by atoms with van der Waals surface area (Å²) in [6, 6.07) is 10.6. The number of phenols is 1. The predicted octanol–water partition coefficient (Wildman–Crippen LogP) is 2.78. The number of nitro groups is 1. The minimum atomic E-state index is -0.510. The van der Waals surface area contributed by atoms with Gasteiger partial charge in [-0.3, -0.25) is 14.9 Å². The number of carbonyl (C=O) groups is 1. The van der Waals surface area contributed by atoms with Crippen LogP contribution in [-0.2, 0) is 0 Å². The molecule has 0 bridgehead atoms. The third-order valence-electron chi connectivity index (χ3n) is 2.56. The summed E-state index contributed by atoms with van der Waals surface area (Å²) in [5.74, 6) is -0.173. The molecule has 0 aromatic heterocycles. The Morgan fingerprint density at radius 3 is 2.56 bits per heavy atom. The highest BCUT2D eigenvalue weighted by Gasteiger charge is 2.11. The van der Waals surface area contributed by atoms with Gasteiger partial charge in [0, 0.05) is 17.7 Å². The molecule has 5 nitrogen and oxygen atoms in total. The lowest BCUT2D eigenvalue weighted by molar-refractivity contribution is -0.384. The molecule has 2 aromatic rings. The van der Waals surface area contributed by atoms with Crippen LogP contribution in [0, 0.1) is 10.1 Å². The highest BCUT2D eigenvalue weighted by Crippen LogP contribution is 2.32. The van der Waals surface area contributed by atoms with Crippen molar-refractivity contribution in [1.82, 2.24) is 0 Å². The molecule has 1 N–H and O–H groups in total. The summed E-state index contributed by atoms with van der Waals surface area (Å²) >= 11 is 0. The number of nitrogens with zero attached hydrogens (tertiary/aromatic N) is 1. The van der Waals surface area contributed by atoms with E-state index in [-0.39, 0.29) is 17.0 Å². The van der Waals surface area contributed by atoms with E-state index >= 15 is 0 Å². The Morgan fingerprint density at radius 2 is 1.89 bits per heavy atom. The fraction of sp³-hybridized carbons (Fsp3) is 0. The number of benzene rings is 2. The van der Waals surface area contributed by atoms with Gasteiger partial charge in [0.1, 0.15) is 5.75 Å². The Balaban J connectivity index is 2.58. The lowest BCUT2D eigenvalue weighted by Gasteiger charge is -2.06. The molecule has 0 radical (unpaired) electrons. The van der Waals surface area contributed by atoms with Crippen LogP contribution in [0.3, 0.4) is 0 Å². The second kappa shape index (κ2) is 4.67. The van der Waals surface area contributed by atoms with E-state index in [0.29, 0.717) is 17.4 Å². The van der Waals surface area contributed by atoms with Gasteiger partial charge >= 0.3 is 0 Å². The zero-order valence-electron chi connectivity index (χ0n) is 9.24. The molecule has 90 valence electrons. The Kier molecular flexibility index (Phi) is 3.05. The fourth-order valence-corrected chi connectivity index (χ4v) is 1.68. The first-order valence-electron chi connectivity index (χ1n) is 5.15. The van der Waals surface area contributed by atoms with Gasteiger partial charge in [0.2, 0.25) is 0 Å². The summed E-state index contributed by atoms with van der Waals surface area (Å²) in [7, 11) is 0. The van der Waals surface area contributed by atoms with E-state index in [2.05, 4.69) is 0 Å². The van der Waals surface area contributed by atoms with Crippen molar-refractivity contribution < 1.29 is 14.8 Å². The number of aldehydes is 1. The lowest BCUT2D eigenvalue weighted by atomic mass is 10.0. The zero-order valence-corrected chi connectivity index (χ0v) is 9.24. The van der Waals surface area contributed by atoms with Crippen LogP contribution in [0.2, 0.25) is 0 Å². The van der Waals surface area contributed by atoms with Crippen molar-refractivity contribution in [1.29, 1.82) is 0 Å². The van der Waals surface area contributed by atoms with Gasteiger partial charge in [0.05, 0.1) is 10.5 Å². The van der Waals surface area contributed by atoms with E-state index in [0.717, 1.165) is 0 Å². The molecule has 0 aliphatic heterocycles. The molecule has 0 saturated carbocycles. The highest BCUT2D eigenvalue weighted by atomic mass is 16.6. The van der Waals surface area contributed by atoms with Crippen LogP contribution < -0.4 is 0 Å². The smallest absolute Gasteiger partial charge is 0.270 e. The maximum atomic E-state index is 10.7. The average molecular weight is 243 g/mol. The summed E-state index contributed by atoms with van der Waals surface area (Å²) < 4.78 is 0. The van der Waals surface area contributed by atoms with Crippen molar-refractivity contribution in [3.05, 3.63) is 58.1 Å². The molecule has 0 saturated heterocycles. The molecule has 2 rings (SSSR count). The van der Waals surface area contributed by atoms with Crippen molar-refractivity contribution in [3.8, 4) is 16.9 Å². The number of phenolic OH excluding ortho intramolecular Hbond substituents is 1. The molecule has 0 heterocycles. The number of carbonyl (C=O) groups excluding carboxylic acids is 1. The van der Waals surface area contributed by atoms with Crippen LogP contribution in [0.4, 0.5) is 5.69 Å². The summed E-state index contributed by atoms with van der Waals surface area (Å²) in [6.07, 6.45) is 0.538. The minimum Gasteiger partial charge on any atom is -0.507 e. The van der Waals surface area contributed by atoms with Crippen molar-refractivity contribution in [2.45, 2.75) is 0 Å². The van der Waals surface area contributed by atoms with Crippen molar-refractivity contribution >= 4 is 12.0 Å². The SMILES string of the molecule is O=Cc1cccc(-c2cccc([N+](=O)[O-])c2)c1O. The first-order chi connectivity index (χ1) is 8.63. The van der Waals surface area contributed by atoms with Gasteiger partial charge in [-0.25, -0.2) is 0 Å². The van der Waals surface area contributed by atoms with Gasteiger partial charge in [-0.15, -0.1) is 0 Å². The second-order valence-electron chi connectivity index (χ2n) is 3.67. The molecule has 0 unspecified atom stereocenters. The maximum absolute atomic E-state index is 10.7.